The number of hydrogen-bond donors (Lipinski definition) is 2. The number of amides is 1. The maximum atomic E-state index is 11.8. The van der Waals surface area contributed by atoms with Crippen LogP contribution in [-0.4, -0.2) is 44.5 Å². The molecule has 4 nitrogen and oxygen atoms in total. The molecule has 15 heavy (non-hydrogen) atoms. The number of nitrogens with two attached hydrogens (primary N) is 1. The van der Waals surface area contributed by atoms with E-state index in [4.69, 9.17) is 5.73 Å². The number of carbonyl (C=O) groups excluding carboxylic acids is 1. The molecule has 0 saturated heterocycles. The van der Waals surface area contributed by atoms with Gasteiger partial charge < -0.3 is 16.0 Å². The predicted octanol–water partition coefficient (Wildman–Crippen LogP) is 0.429. The number of nitrogens with zero attached hydrogens (tertiary/aromatic N) is 1. The van der Waals surface area contributed by atoms with Crippen LogP contribution in [0.4, 0.5) is 0 Å². The van der Waals surface area contributed by atoms with Crippen molar-refractivity contribution in [1.82, 2.24) is 10.2 Å². The van der Waals surface area contributed by atoms with Crippen LogP contribution in [0.3, 0.4) is 0 Å². The molecule has 0 radical (unpaired) electrons. The number of carbonyl (C=O) groups is 1. The molecule has 4 heteroatoms. The van der Waals surface area contributed by atoms with Crippen molar-refractivity contribution in [3.63, 3.8) is 0 Å². The SMILES string of the molecule is CCC(C)(CN)C(=O)NCCCN(C)C. The lowest BCUT2D eigenvalue weighted by molar-refractivity contribution is -0.129. The molecule has 0 heterocycles. The third-order valence-corrected chi connectivity index (χ3v) is 2.85. The lowest BCUT2D eigenvalue weighted by Crippen LogP contribution is -2.44. The van der Waals surface area contributed by atoms with Crippen molar-refractivity contribution in [3.05, 3.63) is 0 Å². The van der Waals surface area contributed by atoms with Gasteiger partial charge in [-0.25, -0.2) is 0 Å². The highest BCUT2D eigenvalue weighted by molar-refractivity contribution is 5.82. The molecule has 1 atom stereocenters. The van der Waals surface area contributed by atoms with E-state index >= 15 is 0 Å². The lowest BCUT2D eigenvalue weighted by atomic mass is 9.87. The van der Waals surface area contributed by atoms with Crippen molar-refractivity contribution in [3.8, 4) is 0 Å². The first-order valence-corrected chi connectivity index (χ1v) is 5.59. The van der Waals surface area contributed by atoms with E-state index in [1.54, 1.807) is 0 Å². The Kier molecular flexibility index (Phi) is 6.52. The van der Waals surface area contributed by atoms with E-state index in [1.807, 2.05) is 27.9 Å². The van der Waals surface area contributed by atoms with Crippen LogP contribution in [0.1, 0.15) is 26.7 Å². The summed E-state index contributed by atoms with van der Waals surface area (Å²) < 4.78 is 0. The molecular formula is C11H25N3O. The molecule has 1 amide bonds. The van der Waals surface area contributed by atoms with Gasteiger partial charge in [0.15, 0.2) is 0 Å². The third-order valence-electron chi connectivity index (χ3n) is 2.85. The molecule has 0 aliphatic heterocycles. The molecule has 0 fully saturated rings. The van der Waals surface area contributed by atoms with Crippen LogP contribution < -0.4 is 11.1 Å². The Labute approximate surface area is 93.2 Å². The van der Waals surface area contributed by atoms with Gasteiger partial charge in [0.1, 0.15) is 0 Å². The first kappa shape index (κ1) is 14.4. The zero-order valence-electron chi connectivity index (χ0n) is 10.5. The summed E-state index contributed by atoms with van der Waals surface area (Å²) >= 11 is 0. The van der Waals surface area contributed by atoms with Crippen LogP contribution in [0.25, 0.3) is 0 Å². The van der Waals surface area contributed by atoms with E-state index in [0.717, 1.165) is 25.9 Å². The zero-order chi connectivity index (χ0) is 11.9. The molecule has 0 spiro atoms. The van der Waals surface area contributed by atoms with E-state index in [2.05, 4.69) is 10.2 Å². The fourth-order valence-electron chi connectivity index (χ4n) is 1.21. The van der Waals surface area contributed by atoms with Gasteiger partial charge in [-0.1, -0.05) is 6.92 Å². The zero-order valence-corrected chi connectivity index (χ0v) is 10.5. The summed E-state index contributed by atoms with van der Waals surface area (Å²) in [6.07, 6.45) is 1.76. The summed E-state index contributed by atoms with van der Waals surface area (Å²) in [5, 5.41) is 2.93. The molecule has 0 aliphatic rings. The third kappa shape index (κ3) is 5.14. The summed E-state index contributed by atoms with van der Waals surface area (Å²) in [7, 11) is 4.05. The van der Waals surface area contributed by atoms with Crippen LogP contribution in [0, 0.1) is 5.41 Å². The van der Waals surface area contributed by atoms with E-state index in [1.165, 1.54) is 0 Å². The molecule has 0 saturated carbocycles. The van der Waals surface area contributed by atoms with E-state index in [9.17, 15) is 4.79 Å². The Morgan fingerprint density at radius 1 is 1.47 bits per heavy atom. The first-order chi connectivity index (χ1) is 6.96. The molecule has 0 aromatic heterocycles. The molecule has 0 aliphatic carbocycles. The maximum absolute atomic E-state index is 11.8. The molecule has 1 unspecified atom stereocenters. The van der Waals surface area contributed by atoms with Crippen LogP contribution in [0.5, 0.6) is 0 Å². The van der Waals surface area contributed by atoms with Gasteiger partial charge in [0.2, 0.25) is 5.91 Å². The van der Waals surface area contributed by atoms with Gasteiger partial charge in [0.05, 0.1) is 5.41 Å². The highest BCUT2D eigenvalue weighted by Crippen LogP contribution is 2.18. The Morgan fingerprint density at radius 2 is 2.07 bits per heavy atom. The van der Waals surface area contributed by atoms with E-state index < -0.39 is 5.41 Å². The smallest absolute Gasteiger partial charge is 0.227 e. The van der Waals surface area contributed by atoms with Crippen molar-refractivity contribution in [2.45, 2.75) is 26.7 Å². The van der Waals surface area contributed by atoms with Crippen molar-refractivity contribution in [2.75, 3.05) is 33.7 Å². The van der Waals surface area contributed by atoms with Gasteiger partial charge in [0, 0.05) is 13.1 Å². The second-order valence-electron chi connectivity index (χ2n) is 4.53. The number of hydrogen-bond acceptors (Lipinski definition) is 3. The fraction of sp³-hybridized carbons (Fsp3) is 0.909. The monoisotopic (exact) mass is 215 g/mol. The molecular weight excluding hydrogens is 190 g/mol. The summed E-state index contributed by atoms with van der Waals surface area (Å²) in [4.78, 5) is 13.9. The largest absolute Gasteiger partial charge is 0.356 e. The molecule has 0 bridgehead atoms. The fourth-order valence-corrected chi connectivity index (χ4v) is 1.21. The quantitative estimate of drug-likeness (QED) is 0.606. The van der Waals surface area contributed by atoms with E-state index in [-0.39, 0.29) is 5.91 Å². The van der Waals surface area contributed by atoms with Gasteiger partial charge in [-0.15, -0.1) is 0 Å². The van der Waals surface area contributed by atoms with Gasteiger partial charge >= 0.3 is 0 Å². The van der Waals surface area contributed by atoms with Gasteiger partial charge in [-0.2, -0.15) is 0 Å². The molecule has 0 rings (SSSR count). The van der Waals surface area contributed by atoms with Gasteiger partial charge in [0.25, 0.3) is 0 Å². The van der Waals surface area contributed by atoms with Crippen molar-refractivity contribution in [1.29, 1.82) is 0 Å². The van der Waals surface area contributed by atoms with Crippen LogP contribution in [-0.2, 0) is 4.79 Å². The summed E-state index contributed by atoms with van der Waals surface area (Å²) in [5.41, 5.74) is 5.20. The summed E-state index contributed by atoms with van der Waals surface area (Å²) in [6, 6.07) is 0. The summed E-state index contributed by atoms with van der Waals surface area (Å²) in [6.45, 7) is 6.03. The number of rotatable bonds is 7. The van der Waals surface area contributed by atoms with Crippen molar-refractivity contribution < 1.29 is 4.79 Å². The molecule has 90 valence electrons. The second-order valence-corrected chi connectivity index (χ2v) is 4.53. The topological polar surface area (TPSA) is 58.4 Å². The van der Waals surface area contributed by atoms with E-state index in [0.29, 0.717) is 6.54 Å². The molecule has 0 aromatic rings. The second kappa shape index (κ2) is 6.80. The number of nitrogens with one attached hydrogen (secondary N) is 1. The Morgan fingerprint density at radius 3 is 2.47 bits per heavy atom. The normalized spacial score (nSPS) is 15.1. The van der Waals surface area contributed by atoms with Gasteiger partial charge in [-0.3, -0.25) is 4.79 Å². The average Bonchev–Trinajstić information content (AvgIpc) is 2.22. The average molecular weight is 215 g/mol. The van der Waals surface area contributed by atoms with Crippen molar-refractivity contribution in [2.24, 2.45) is 11.1 Å². The maximum Gasteiger partial charge on any atom is 0.227 e. The van der Waals surface area contributed by atoms with Crippen LogP contribution >= 0.6 is 0 Å². The molecule has 0 aromatic carbocycles. The minimum atomic E-state index is -0.405. The Bertz CT molecular complexity index is 188. The summed E-state index contributed by atoms with van der Waals surface area (Å²) in [5.74, 6) is 0.0752. The highest BCUT2D eigenvalue weighted by Gasteiger charge is 2.28. The minimum absolute atomic E-state index is 0.0752. The van der Waals surface area contributed by atoms with Crippen LogP contribution in [0.2, 0.25) is 0 Å². The van der Waals surface area contributed by atoms with Gasteiger partial charge in [-0.05, 0) is 40.4 Å². The van der Waals surface area contributed by atoms with Crippen LogP contribution in [0.15, 0.2) is 0 Å². The predicted molar refractivity (Wildman–Crippen MR) is 63.6 cm³/mol. The standard InChI is InChI=1S/C11H25N3O/c1-5-11(2,9-12)10(15)13-7-6-8-14(3)4/h5-9,12H2,1-4H3,(H,13,15). The highest BCUT2D eigenvalue weighted by atomic mass is 16.2. The molecule has 3 N–H and O–H groups in total. The minimum Gasteiger partial charge on any atom is -0.356 e. The Balaban J connectivity index is 3.82. The first-order valence-electron chi connectivity index (χ1n) is 5.59. The lowest BCUT2D eigenvalue weighted by Gasteiger charge is -2.25. The van der Waals surface area contributed by atoms with Crippen molar-refractivity contribution >= 4 is 5.91 Å². The Hall–Kier alpha value is -0.610.